The summed E-state index contributed by atoms with van der Waals surface area (Å²) in [4.78, 5) is 7.62. The number of nitrogens with zero attached hydrogens (tertiary/aromatic N) is 2. The highest BCUT2D eigenvalue weighted by Gasteiger charge is 2.53. The first kappa shape index (κ1) is 12.8. The number of imidazole rings is 1. The summed E-state index contributed by atoms with van der Waals surface area (Å²) in [6, 6.07) is 3.26. The Morgan fingerprint density at radius 2 is 2.27 bits per heavy atom. The molecule has 0 aliphatic heterocycles. The van der Waals surface area contributed by atoms with Crippen molar-refractivity contribution in [2.24, 2.45) is 11.3 Å². The number of hydrogen-bond donors (Lipinski definition) is 2. The molecule has 22 heavy (non-hydrogen) atoms. The van der Waals surface area contributed by atoms with Crippen molar-refractivity contribution in [1.82, 2.24) is 20.2 Å². The molecule has 2 atom stereocenters. The number of H-pyrrole nitrogens is 2. The number of halogens is 2. The summed E-state index contributed by atoms with van der Waals surface area (Å²) in [6.45, 7) is 2.34. The van der Waals surface area contributed by atoms with Gasteiger partial charge in [-0.3, -0.25) is 5.10 Å². The molecule has 0 unspecified atom stereocenters. The zero-order chi connectivity index (χ0) is 15.1. The zero-order valence-electron chi connectivity index (χ0n) is 12.0. The Hall–Kier alpha value is -1.69. The number of rotatable bonds is 1. The fourth-order valence-corrected chi connectivity index (χ4v) is 4.22. The summed E-state index contributed by atoms with van der Waals surface area (Å²) in [7, 11) is 0. The third-order valence-corrected chi connectivity index (χ3v) is 5.71. The lowest BCUT2D eigenvalue weighted by molar-refractivity contribution is 0.467. The molecule has 2 aromatic heterocycles. The molecule has 4 nitrogen and oxygen atoms in total. The standard InChI is InChI=1S/C16H14BrFN4/c1-16-5-7(16)2-9-12(6-16)21-22-13(9)15-19-11-4-8(17)3-10(18)14(11)20-15/h3-4,7H,2,5-6H2,1H3,(H,19,20)(H,21,22)/t7-,16-/m1/s1. The summed E-state index contributed by atoms with van der Waals surface area (Å²) in [6.07, 6.45) is 3.39. The van der Waals surface area contributed by atoms with Crippen LogP contribution in [0.2, 0.25) is 0 Å². The van der Waals surface area contributed by atoms with Crippen molar-refractivity contribution in [3.05, 3.63) is 33.7 Å². The van der Waals surface area contributed by atoms with Crippen LogP contribution in [0.25, 0.3) is 22.6 Å². The van der Waals surface area contributed by atoms with Gasteiger partial charge < -0.3 is 4.98 Å². The maximum Gasteiger partial charge on any atom is 0.159 e. The van der Waals surface area contributed by atoms with Gasteiger partial charge in [0.1, 0.15) is 17.0 Å². The molecule has 5 rings (SSSR count). The Morgan fingerprint density at radius 3 is 3.14 bits per heavy atom. The Morgan fingerprint density at radius 1 is 1.41 bits per heavy atom. The van der Waals surface area contributed by atoms with Gasteiger partial charge in [0.15, 0.2) is 5.82 Å². The van der Waals surface area contributed by atoms with Crippen molar-refractivity contribution in [2.75, 3.05) is 0 Å². The molecule has 0 saturated heterocycles. The highest BCUT2D eigenvalue weighted by molar-refractivity contribution is 9.10. The van der Waals surface area contributed by atoms with Crippen LogP contribution < -0.4 is 0 Å². The monoisotopic (exact) mass is 360 g/mol. The minimum Gasteiger partial charge on any atom is -0.334 e. The first-order valence-corrected chi connectivity index (χ1v) is 8.24. The fraction of sp³-hybridized carbons (Fsp3) is 0.375. The quantitative estimate of drug-likeness (QED) is 0.689. The third-order valence-electron chi connectivity index (χ3n) is 5.26. The number of nitrogens with one attached hydrogen (secondary N) is 2. The number of hydrogen-bond acceptors (Lipinski definition) is 2. The van der Waals surface area contributed by atoms with E-state index in [1.54, 1.807) is 0 Å². The smallest absolute Gasteiger partial charge is 0.159 e. The van der Waals surface area contributed by atoms with E-state index in [-0.39, 0.29) is 5.82 Å². The SMILES string of the molecule is C[C@@]12Cc3[nH]nc(-c4nc5cc(Br)cc(F)c5[nH]4)c3C[C@@H]1C2. The van der Waals surface area contributed by atoms with Crippen LogP contribution in [0.4, 0.5) is 4.39 Å². The van der Waals surface area contributed by atoms with Crippen LogP contribution >= 0.6 is 15.9 Å². The lowest BCUT2D eigenvalue weighted by Gasteiger charge is -2.17. The van der Waals surface area contributed by atoms with Gasteiger partial charge in [-0.1, -0.05) is 22.9 Å². The van der Waals surface area contributed by atoms with E-state index >= 15 is 0 Å². The van der Waals surface area contributed by atoms with E-state index in [0.29, 0.717) is 26.7 Å². The summed E-state index contributed by atoms with van der Waals surface area (Å²) >= 11 is 3.30. The van der Waals surface area contributed by atoms with Gasteiger partial charge in [0.25, 0.3) is 0 Å². The van der Waals surface area contributed by atoms with Crippen LogP contribution in [-0.4, -0.2) is 20.2 Å². The minimum absolute atomic E-state index is 0.303. The molecule has 1 aromatic carbocycles. The van der Waals surface area contributed by atoms with E-state index < -0.39 is 0 Å². The van der Waals surface area contributed by atoms with E-state index in [9.17, 15) is 4.39 Å². The van der Waals surface area contributed by atoms with Gasteiger partial charge >= 0.3 is 0 Å². The third kappa shape index (κ3) is 1.67. The Labute approximate surface area is 134 Å². The van der Waals surface area contributed by atoms with E-state index in [2.05, 4.69) is 43.0 Å². The average Bonchev–Trinajstić information content (AvgIpc) is 2.80. The normalized spacial score (nSPS) is 26.0. The highest BCUT2D eigenvalue weighted by atomic mass is 79.9. The minimum atomic E-state index is -0.303. The van der Waals surface area contributed by atoms with Gasteiger partial charge in [-0.25, -0.2) is 9.37 Å². The number of fused-ring (bicyclic) bond motifs is 3. The molecule has 2 N–H and O–H groups in total. The van der Waals surface area contributed by atoms with E-state index in [4.69, 9.17) is 0 Å². The lowest BCUT2D eigenvalue weighted by Crippen LogP contribution is -2.13. The maximum atomic E-state index is 14.0. The Balaban J connectivity index is 1.66. The van der Waals surface area contributed by atoms with Crippen molar-refractivity contribution >= 4 is 27.0 Å². The van der Waals surface area contributed by atoms with Gasteiger partial charge in [-0.15, -0.1) is 0 Å². The highest BCUT2D eigenvalue weighted by Crippen LogP contribution is 2.59. The summed E-state index contributed by atoms with van der Waals surface area (Å²) in [5, 5.41) is 7.61. The van der Waals surface area contributed by atoms with E-state index in [1.807, 2.05) is 6.07 Å². The molecule has 1 saturated carbocycles. The molecule has 1 fully saturated rings. The first-order chi connectivity index (χ1) is 10.5. The summed E-state index contributed by atoms with van der Waals surface area (Å²) < 4.78 is 14.7. The number of benzene rings is 1. The van der Waals surface area contributed by atoms with E-state index in [0.717, 1.165) is 24.5 Å². The van der Waals surface area contributed by atoms with Crippen LogP contribution in [0.1, 0.15) is 24.6 Å². The number of aromatic amines is 2. The Kier molecular flexibility index (Phi) is 2.32. The molecule has 0 bridgehead atoms. The Bertz CT molecular complexity index is 928. The van der Waals surface area contributed by atoms with Crippen molar-refractivity contribution in [3.8, 4) is 11.5 Å². The van der Waals surface area contributed by atoms with Crippen molar-refractivity contribution < 1.29 is 4.39 Å². The molecular weight excluding hydrogens is 347 g/mol. The van der Waals surface area contributed by atoms with Crippen LogP contribution in [0.5, 0.6) is 0 Å². The molecule has 3 aromatic rings. The van der Waals surface area contributed by atoms with Gasteiger partial charge in [-0.2, -0.15) is 5.10 Å². The van der Waals surface area contributed by atoms with E-state index in [1.165, 1.54) is 23.7 Å². The second-order valence-electron chi connectivity index (χ2n) is 6.83. The van der Waals surface area contributed by atoms with Gasteiger partial charge in [0.05, 0.1) is 5.52 Å². The average molecular weight is 361 g/mol. The molecule has 6 heteroatoms. The van der Waals surface area contributed by atoms with Gasteiger partial charge in [0, 0.05) is 15.7 Å². The van der Waals surface area contributed by atoms with Gasteiger partial charge in [0.2, 0.25) is 0 Å². The topological polar surface area (TPSA) is 57.4 Å². The van der Waals surface area contributed by atoms with Crippen LogP contribution in [0.15, 0.2) is 16.6 Å². The summed E-state index contributed by atoms with van der Waals surface area (Å²) in [5.74, 6) is 1.10. The maximum absolute atomic E-state index is 14.0. The lowest BCUT2D eigenvalue weighted by atomic mass is 9.88. The van der Waals surface area contributed by atoms with Crippen LogP contribution in [0, 0.1) is 17.2 Å². The van der Waals surface area contributed by atoms with Crippen LogP contribution in [0.3, 0.4) is 0 Å². The fourth-order valence-electron chi connectivity index (χ4n) is 3.80. The second kappa shape index (κ2) is 3.98. The molecule has 0 spiro atoms. The van der Waals surface area contributed by atoms with Crippen LogP contribution in [-0.2, 0) is 12.8 Å². The molecule has 2 aliphatic carbocycles. The molecule has 2 heterocycles. The zero-order valence-corrected chi connectivity index (χ0v) is 13.6. The second-order valence-corrected chi connectivity index (χ2v) is 7.75. The first-order valence-electron chi connectivity index (χ1n) is 7.45. The summed E-state index contributed by atoms with van der Waals surface area (Å²) in [5.41, 5.74) is 4.82. The van der Waals surface area contributed by atoms with Crippen molar-refractivity contribution in [1.29, 1.82) is 0 Å². The van der Waals surface area contributed by atoms with Gasteiger partial charge in [-0.05, 0) is 42.7 Å². The molecule has 2 aliphatic rings. The van der Waals surface area contributed by atoms with Crippen molar-refractivity contribution in [3.63, 3.8) is 0 Å². The molecule has 112 valence electrons. The molecule has 0 radical (unpaired) electrons. The van der Waals surface area contributed by atoms with Crippen molar-refractivity contribution in [2.45, 2.75) is 26.2 Å². The predicted octanol–water partition coefficient (Wildman–Crippen LogP) is 3.98. The largest absolute Gasteiger partial charge is 0.334 e. The molecular formula is C16H14BrFN4. The molecule has 0 amide bonds. The predicted molar refractivity (Wildman–Crippen MR) is 85.0 cm³/mol. The number of aromatic nitrogens is 4.